The van der Waals surface area contributed by atoms with Crippen LogP contribution >= 0.6 is 0 Å². The third-order valence-electron chi connectivity index (χ3n) is 2.27. The van der Waals surface area contributed by atoms with Crippen LogP contribution in [0.15, 0.2) is 11.8 Å². The van der Waals surface area contributed by atoms with Crippen LogP contribution in [0.4, 0.5) is 0 Å². The van der Waals surface area contributed by atoms with Gasteiger partial charge >= 0.3 is 0 Å². The number of amides is 1. The Labute approximate surface area is 79.2 Å². The summed E-state index contributed by atoms with van der Waals surface area (Å²) in [4.78, 5) is 11.0. The van der Waals surface area contributed by atoms with E-state index in [-0.39, 0.29) is 11.9 Å². The van der Waals surface area contributed by atoms with Crippen LogP contribution in [0.2, 0.25) is 0 Å². The monoisotopic (exact) mass is 183 g/mol. The van der Waals surface area contributed by atoms with Gasteiger partial charge in [-0.3, -0.25) is 4.79 Å². The lowest BCUT2D eigenvalue weighted by molar-refractivity contribution is -0.116. The van der Waals surface area contributed by atoms with Crippen molar-refractivity contribution >= 4 is 5.91 Å². The minimum absolute atomic E-state index is 0.0293. The third kappa shape index (κ3) is 2.76. The van der Waals surface area contributed by atoms with Crippen LogP contribution in [-0.2, 0) is 9.53 Å². The number of hydrogen-bond donors (Lipinski definition) is 1. The van der Waals surface area contributed by atoms with Gasteiger partial charge in [0.2, 0.25) is 5.91 Å². The number of nitrogens with one attached hydrogen (secondary N) is 1. The Kier molecular flexibility index (Phi) is 3.80. The molecule has 1 atom stereocenters. The Morgan fingerprint density at radius 2 is 2.31 bits per heavy atom. The molecule has 0 saturated heterocycles. The van der Waals surface area contributed by atoms with Crippen LogP contribution in [0.1, 0.15) is 32.6 Å². The lowest BCUT2D eigenvalue weighted by atomic mass is 10.1. The molecule has 1 N–H and O–H groups in total. The minimum Gasteiger partial charge on any atom is -0.499 e. The Morgan fingerprint density at radius 3 is 2.92 bits per heavy atom. The highest BCUT2D eigenvalue weighted by Crippen LogP contribution is 2.16. The van der Waals surface area contributed by atoms with Crippen molar-refractivity contribution in [3.63, 3.8) is 0 Å². The average molecular weight is 183 g/mol. The van der Waals surface area contributed by atoms with Gasteiger partial charge in [-0.05, 0) is 6.42 Å². The molecule has 1 rings (SSSR count). The number of unbranched alkanes of at least 4 members (excludes halogenated alkanes) is 2. The normalized spacial score (nSPS) is 21.2. The molecule has 3 nitrogen and oxygen atoms in total. The molecule has 3 heteroatoms. The summed E-state index contributed by atoms with van der Waals surface area (Å²) >= 11 is 0. The Hall–Kier alpha value is -0.990. The Morgan fingerprint density at radius 1 is 1.54 bits per heavy atom. The average Bonchev–Trinajstić information content (AvgIpc) is 2.47. The molecule has 0 aliphatic carbocycles. The molecule has 0 aromatic rings. The number of hydrogen-bond acceptors (Lipinski definition) is 2. The fraction of sp³-hybridized carbons (Fsp3) is 0.700. The van der Waals surface area contributed by atoms with E-state index in [1.165, 1.54) is 18.9 Å². The first kappa shape index (κ1) is 10.1. The van der Waals surface area contributed by atoms with Gasteiger partial charge in [0, 0.05) is 6.08 Å². The van der Waals surface area contributed by atoms with Crippen molar-refractivity contribution in [2.24, 2.45) is 0 Å². The topological polar surface area (TPSA) is 38.3 Å². The molecule has 0 unspecified atom stereocenters. The molecule has 1 heterocycles. The molecule has 1 amide bonds. The molecule has 0 aromatic carbocycles. The van der Waals surface area contributed by atoms with Crippen LogP contribution < -0.4 is 5.32 Å². The number of carbonyl (C=O) groups is 1. The molecular weight excluding hydrogens is 166 g/mol. The highest BCUT2D eigenvalue weighted by atomic mass is 16.5. The second-order valence-corrected chi connectivity index (χ2v) is 3.31. The minimum atomic E-state index is -0.0293. The molecule has 0 spiro atoms. The number of ether oxygens (including phenoxy) is 1. The van der Waals surface area contributed by atoms with Gasteiger partial charge in [-0.2, -0.15) is 0 Å². The zero-order chi connectivity index (χ0) is 9.68. The fourth-order valence-electron chi connectivity index (χ4n) is 1.53. The van der Waals surface area contributed by atoms with E-state index < -0.39 is 0 Å². The summed E-state index contributed by atoms with van der Waals surface area (Å²) in [5.41, 5.74) is 0. The predicted molar refractivity (Wildman–Crippen MR) is 51.2 cm³/mol. The molecular formula is C10H17NO2. The highest BCUT2D eigenvalue weighted by Gasteiger charge is 2.23. The maximum Gasteiger partial charge on any atom is 0.248 e. The first-order valence-electron chi connectivity index (χ1n) is 4.84. The van der Waals surface area contributed by atoms with E-state index in [0.29, 0.717) is 0 Å². The van der Waals surface area contributed by atoms with E-state index in [4.69, 9.17) is 4.74 Å². The van der Waals surface area contributed by atoms with Crippen LogP contribution in [0.25, 0.3) is 0 Å². The summed E-state index contributed by atoms with van der Waals surface area (Å²) in [5.74, 6) is 0.749. The SMILES string of the molecule is CCCCC[C@H]1NC(=O)C=C1OC. The van der Waals surface area contributed by atoms with E-state index in [1.54, 1.807) is 7.11 Å². The lowest BCUT2D eigenvalue weighted by Crippen LogP contribution is -2.28. The van der Waals surface area contributed by atoms with E-state index >= 15 is 0 Å². The molecule has 0 saturated carbocycles. The van der Waals surface area contributed by atoms with E-state index in [0.717, 1.165) is 18.6 Å². The van der Waals surface area contributed by atoms with Crippen molar-refractivity contribution < 1.29 is 9.53 Å². The molecule has 74 valence electrons. The van der Waals surface area contributed by atoms with Gasteiger partial charge in [0.1, 0.15) is 5.76 Å². The molecule has 0 aromatic heterocycles. The smallest absolute Gasteiger partial charge is 0.248 e. The first-order valence-corrected chi connectivity index (χ1v) is 4.84. The first-order chi connectivity index (χ1) is 6.27. The molecule has 1 aliphatic rings. The number of methoxy groups -OCH3 is 1. The quantitative estimate of drug-likeness (QED) is 0.657. The van der Waals surface area contributed by atoms with Crippen molar-refractivity contribution in [2.75, 3.05) is 7.11 Å². The predicted octanol–water partition coefficient (Wildman–Crippen LogP) is 1.60. The largest absolute Gasteiger partial charge is 0.499 e. The molecule has 13 heavy (non-hydrogen) atoms. The summed E-state index contributed by atoms with van der Waals surface area (Å²) in [6.45, 7) is 2.17. The van der Waals surface area contributed by atoms with Gasteiger partial charge in [-0.15, -0.1) is 0 Å². The van der Waals surface area contributed by atoms with Crippen LogP contribution in [0.3, 0.4) is 0 Å². The third-order valence-corrected chi connectivity index (χ3v) is 2.27. The van der Waals surface area contributed by atoms with Crippen molar-refractivity contribution in [3.8, 4) is 0 Å². The summed E-state index contributed by atoms with van der Waals surface area (Å²) in [6.07, 6.45) is 6.08. The van der Waals surface area contributed by atoms with E-state index in [1.807, 2.05) is 0 Å². The summed E-state index contributed by atoms with van der Waals surface area (Å²) in [5, 5.41) is 2.86. The van der Waals surface area contributed by atoms with E-state index in [2.05, 4.69) is 12.2 Å². The van der Waals surface area contributed by atoms with Gasteiger partial charge in [0.15, 0.2) is 0 Å². The maximum absolute atomic E-state index is 11.0. The maximum atomic E-state index is 11.0. The summed E-state index contributed by atoms with van der Waals surface area (Å²) in [7, 11) is 1.61. The molecule has 0 bridgehead atoms. The summed E-state index contributed by atoms with van der Waals surface area (Å²) in [6, 6.07) is 0.115. The Balaban J connectivity index is 2.34. The van der Waals surface area contributed by atoms with Crippen LogP contribution in [0.5, 0.6) is 0 Å². The molecule has 0 fully saturated rings. The molecule has 1 aliphatic heterocycles. The van der Waals surface area contributed by atoms with Crippen LogP contribution in [-0.4, -0.2) is 19.1 Å². The second-order valence-electron chi connectivity index (χ2n) is 3.31. The Bertz CT molecular complexity index is 211. The highest BCUT2D eigenvalue weighted by molar-refractivity contribution is 5.91. The van der Waals surface area contributed by atoms with Gasteiger partial charge in [-0.1, -0.05) is 26.2 Å². The molecule has 0 radical (unpaired) electrons. The number of rotatable bonds is 5. The zero-order valence-corrected chi connectivity index (χ0v) is 8.30. The second kappa shape index (κ2) is 4.90. The van der Waals surface area contributed by atoms with Crippen molar-refractivity contribution in [3.05, 3.63) is 11.8 Å². The lowest BCUT2D eigenvalue weighted by Gasteiger charge is -2.13. The van der Waals surface area contributed by atoms with Crippen molar-refractivity contribution in [2.45, 2.75) is 38.6 Å². The van der Waals surface area contributed by atoms with Crippen molar-refractivity contribution in [1.82, 2.24) is 5.32 Å². The zero-order valence-electron chi connectivity index (χ0n) is 8.30. The fourth-order valence-corrected chi connectivity index (χ4v) is 1.53. The van der Waals surface area contributed by atoms with Crippen LogP contribution in [0, 0.1) is 0 Å². The van der Waals surface area contributed by atoms with Crippen molar-refractivity contribution in [1.29, 1.82) is 0 Å². The van der Waals surface area contributed by atoms with Gasteiger partial charge in [0.25, 0.3) is 0 Å². The van der Waals surface area contributed by atoms with Gasteiger partial charge < -0.3 is 10.1 Å². The van der Waals surface area contributed by atoms with E-state index in [9.17, 15) is 4.79 Å². The van der Waals surface area contributed by atoms with Gasteiger partial charge in [-0.25, -0.2) is 0 Å². The van der Waals surface area contributed by atoms with Gasteiger partial charge in [0.05, 0.1) is 13.2 Å². The standard InChI is InChI=1S/C10H17NO2/c1-3-4-5-6-8-9(13-2)7-10(12)11-8/h7-8H,3-6H2,1-2H3,(H,11,12)/t8-/m1/s1. The summed E-state index contributed by atoms with van der Waals surface area (Å²) < 4.78 is 5.10. The number of carbonyl (C=O) groups excluding carboxylic acids is 1.